The van der Waals surface area contributed by atoms with Gasteiger partial charge < -0.3 is 10.3 Å². The number of nitrogens with zero attached hydrogens (tertiary/aromatic N) is 2. The lowest BCUT2D eigenvalue weighted by Crippen LogP contribution is -2.26. The summed E-state index contributed by atoms with van der Waals surface area (Å²) in [6, 6.07) is 1.96. The third-order valence-corrected chi connectivity index (χ3v) is 5.16. The molecule has 2 rings (SSSR count). The Labute approximate surface area is 136 Å². The number of aromatic nitrogens is 2. The van der Waals surface area contributed by atoms with Crippen LogP contribution in [0.25, 0.3) is 10.2 Å². The first-order valence-electron chi connectivity index (χ1n) is 6.73. The zero-order valence-corrected chi connectivity index (χ0v) is 14.0. The van der Waals surface area contributed by atoms with Crippen LogP contribution in [0.1, 0.15) is 22.7 Å². The Morgan fingerprint density at radius 1 is 1.50 bits per heavy atom. The summed E-state index contributed by atoms with van der Waals surface area (Å²) in [6.07, 6.45) is 0.305. The molecule has 0 saturated carbocycles. The number of aryl methyl sites for hydroxylation is 2. The molecule has 2 aromatic heterocycles. The lowest BCUT2D eigenvalue weighted by Gasteiger charge is -2.03. The number of fused-ring (bicyclic) bond motifs is 1. The zero-order valence-electron chi connectivity index (χ0n) is 12.4. The summed E-state index contributed by atoms with van der Waals surface area (Å²) >= 11 is 2.89. The number of rotatable bonds is 6. The van der Waals surface area contributed by atoms with Gasteiger partial charge >= 0.3 is 0 Å². The molecule has 0 radical (unpaired) electrons. The van der Waals surface area contributed by atoms with Crippen molar-refractivity contribution in [3.05, 3.63) is 26.6 Å². The molecule has 8 heteroatoms. The minimum absolute atomic E-state index is 0.119. The molecule has 0 spiro atoms. The summed E-state index contributed by atoms with van der Waals surface area (Å²) in [5.74, 6) is 1.20. The predicted molar refractivity (Wildman–Crippen MR) is 89.1 cm³/mol. The van der Waals surface area contributed by atoms with E-state index in [9.17, 15) is 9.59 Å². The Balaban J connectivity index is 1.97. The molecule has 0 aromatic carbocycles. The van der Waals surface area contributed by atoms with Crippen LogP contribution < -0.4 is 10.9 Å². The summed E-state index contributed by atoms with van der Waals surface area (Å²) in [7, 11) is 0. The van der Waals surface area contributed by atoms with Crippen molar-refractivity contribution in [2.24, 2.45) is 0 Å². The Hall–Kier alpha value is -1.85. The monoisotopic (exact) mass is 336 g/mol. The second-order valence-electron chi connectivity index (χ2n) is 4.73. The van der Waals surface area contributed by atoms with Crippen molar-refractivity contribution in [1.82, 2.24) is 15.3 Å². The van der Waals surface area contributed by atoms with Gasteiger partial charge in [0, 0.05) is 11.4 Å². The Morgan fingerprint density at radius 2 is 2.27 bits per heavy atom. The third-order valence-electron chi connectivity index (χ3n) is 3.12. The van der Waals surface area contributed by atoms with E-state index in [0.717, 1.165) is 15.3 Å². The molecule has 0 aliphatic carbocycles. The largest absolute Gasteiger partial charge is 0.354 e. The van der Waals surface area contributed by atoms with Gasteiger partial charge in [0.1, 0.15) is 10.7 Å². The van der Waals surface area contributed by atoms with Gasteiger partial charge in [-0.15, -0.1) is 23.1 Å². The summed E-state index contributed by atoms with van der Waals surface area (Å²) in [4.78, 5) is 32.7. The first-order chi connectivity index (χ1) is 10.5. The van der Waals surface area contributed by atoms with E-state index in [4.69, 9.17) is 5.26 Å². The molecule has 0 bridgehead atoms. The van der Waals surface area contributed by atoms with Gasteiger partial charge in [-0.05, 0) is 19.4 Å². The van der Waals surface area contributed by atoms with E-state index in [1.165, 1.54) is 23.1 Å². The first kappa shape index (κ1) is 16.5. The van der Waals surface area contributed by atoms with Gasteiger partial charge in [-0.1, -0.05) is 0 Å². The Bertz CT molecular complexity index is 788. The van der Waals surface area contributed by atoms with E-state index in [-0.39, 0.29) is 17.2 Å². The van der Waals surface area contributed by atoms with Crippen molar-refractivity contribution >= 4 is 39.2 Å². The SMILES string of the molecule is Cc1sc2nc(CSCC(=O)NCCC#N)[nH]c(=O)c2c1C. The highest BCUT2D eigenvalue weighted by Crippen LogP contribution is 2.26. The minimum atomic E-state index is -0.124. The van der Waals surface area contributed by atoms with Crippen LogP contribution in [0.2, 0.25) is 0 Å². The lowest BCUT2D eigenvalue weighted by molar-refractivity contribution is -0.118. The number of carbonyl (C=O) groups excluding carboxylic acids is 1. The summed E-state index contributed by atoms with van der Waals surface area (Å²) < 4.78 is 0. The van der Waals surface area contributed by atoms with Crippen LogP contribution in [0.15, 0.2) is 4.79 Å². The van der Waals surface area contributed by atoms with Crippen LogP contribution in [0, 0.1) is 25.2 Å². The number of thiophene rings is 1. The second kappa shape index (κ2) is 7.42. The smallest absolute Gasteiger partial charge is 0.259 e. The van der Waals surface area contributed by atoms with Gasteiger partial charge in [0.2, 0.25) is 5.91 Å². The molecule has 0 aliphatic heterocycles. The molecule has 22 heavy (non-hydrogen) atoms. The molecule has 6 nitrogen and oxygen atoms in total. The fourth-order valence-corrected chi connectivity index (χ4v) is 3.69. The van der Waals surface area contributed by atoms with Crippen molar-refractivity contribution in [2.75, 3.05) is 12.3 Å². The molecular formula is C14H16N4O2S2. The molecule has 0 saturated heterocycles. The van der Waals surface area contributed by atoms with E-state index in [1.807, 2.05) is 19.9 Å². The van der Waals surface area contributed by atoms with Crippen LogP contribution in [-0.4, -0.2) is 28.2 Å². The van der Waals surface area contributed by atoms with Crippen molar-refractivity contribution in [2.45, 2.75) is 26.0 Å². The minimum Gasteiger partial charge on any atom is -0.354 e. The number of hydrogen-bond donors (Lipinski definition) is 2. The molecular weight excluding hydrogens is 320 g/mol. The standard InChI is InChI=1S/C14H16N4O2S2/c1-8-9(2)22-14-12(8)13(20)17-10(18-14)6-21-7-11(19)16-5-3-4-15/h3,5-7H2,1-2H3,(H,16,19)(H,17,18,20). The van der Waals surface area contributed by atoms with E-state index >= 15 is 0 Å². The average Bonchev–Trinajstić information content (AvgIpc) is 2.74. The maximum absolute atomic E-state index is 12.1. The number of H-pyrrole nitrogens is 1. The van der Waals surface area contributed by atoms with Crippen molar-refractivity contribution in [3.63, 3.8) is 0 Å². The Morgan fingerprint density at radius 3 is 3.00 bits per heavy atom. The number of nitrogens with one attached hydrogen (secondary N) is 2. The van der Waals surface area contributed by atoms with Crippen LogP contribution in [-0.2, 0) is 10.5 Å². The van der Waals surface area contributed by atoms with Gasteiger partial charge in [0.15, 0.2) is 0 Å². The van der Waals surface area contributed by atoms with Gasteiger partial charge in [-0.3, -0.25) is 9.59 Å². The highest BCUT2D eigenvalue weighted by Gasteiger charge is 2.12. The maximum atomic E-state index is 12.1. The molecule has 116 valence electrons. The number of nitriles is 1. The number of amides is 1. The van der Waals surface area contributed by atoms with Crippen LogP contribution in [0.4, 0.5) is 0 Å². The van der Waals surface area contributed by atoms with Gasteiger partial charge in [0.05, 0.1) is 29.4 Å². The highest BCUT2D eigenvalue weighted by molar-refractivity contribution is 7.99. The fourth-order valence-electron chi connectivity index (χ4n) is 1.92. The molecule has 0 atom stereocenters. The molecule has 0 fully saturated rings. The highest BCUT2D eigenvalue weighted by atomic mass is 32.2. The van der Waals surface area contributed by atoms with E-state index in [2.05, 4.69) is 15.3 Å². The summed E-state index contributed by atoms with van der Waals surface area (Å²) in [6.45, 7) is 4.26. The van der Waals surface area contributed by atoms with Crippen LogP contribution >= 0.6 is 23.1 Å². The number of aromatic amines is 1. The van der Waals surface area contributed by atoms with Crippen LogP contribution in [0.3, 0.4) is 0 Å². The van der Waals surface area contributed by atoms with Crippen molar-refractivity contribution in [3.8, 4) is 6.07 Å². The predicted octanol–water partition coefficient (Wildman–Crippen LogP) is 1.86. The number of hydrogen-bond acceptors (Lipinski definition) is 6. The molecule has 0 aliphatic rings. The van der Waals surface area contributed by atoms with Crippen molar-refractivity contribution in [1.29, 1.82) is 5.26 Å². The van der Waals surface area contributed by atoms with Gasteiger partial charge in [0.25, 0.3) is 5.56 Å². The van der Waals surface area contributed by atoms with Crippen LogP contribution in [0.5, 0.6) is 0 Å². The first-order valence-corrected chi connectivity index (χ1v) is 8.70. The normalized spacial score (nSPS) is 10.6. The third kappa shape index (κ3) is 3.87. The zero-order chi connectivity index (χ0) is 16.1. The average molecular weight is 336 g/mol. The molecule has 2 heterocycles. The number of carbonyl (C=O) groups is 1. The van der Waals surface area contributed by atoms with E-state index < -0.39 is 0 Å². The fraction of sp³-hybridized carbons (Fsp3) is 0.429. The maximum Gasteiger partial charge on any atom is 0.259 e. The van der Waals surface area contributed by atoms with E-state index in [1.54, 1.807) is 0 Å². The second-order valence-corrected chi connectivity index (χ2v) is 6.92. The molecule has 2 N–H and O–H groups in total. The van der Waals surface area contributed by atoms with Gasteiger partial charge in [-0.2, -0.15) is 5.26 Å². The summed E-state index contributed by atoms with van der Waals surface area (Å²) in [5, 5.41) is 11.7. The summed E-state index contributed by atoms with van der Waals surface area (Å²) in [5.41, 5.74) is 0.853. The van der Waals surface area contributed by atoms with Crippen molar-refractivity contribution < 1.29 is 4.79 Å². The Kier molecular flexibility index (Phi) is 5.57. The topological polar surface area (TPSA) is 98.6 Å². The van der Waals surface area contributed by atoms with Gasteiger partial charge in [-0.25, -0.2) is 4.98 Å². The number of thioether (sulfide) groups is 1. The quantitative estimate of drug-likeness (QED) is 0.785. The molecule has 1 amide bonds. The lowest BCUT2D eigenvalue weighted by atomic mass is 10.2. The molecule has 2 aromatic rings. The molecule has 0 unspecified atom stereocenters. The van der Waals surface area contributed by atoms with E-state index in [0.29, 0.717) is 29.9 Å².